The van der Waals surface area contributed by atoms with Crippen LogP contribution < -0.4 is 0 Å². The third-order valence-electron chi connectivity index (χ3n) is 5.16. The van der Waals surface area contributed by atoms with E-state index in [9.17, 15) is 0 Å². The van der Waals surface area contributed by atoms with Crippen LogP contribution in [0.5, 0.6) is 0 Å². The van der Waals surface area contributed by atoms with Gasteiger partial charge in [-0.1, -0.05) is 85.0 Å². The first-order chi connectivity index (χ1) is 8.77. The first kappa shape index (κ1) is 16.1. The number of hydrogen-bond acceptors (Lipinski definition) is 0. The van der Waals surface area contributed by atoms with E-state index in [1.54, 1.807) is 0 Å². The zero-order chi connectivity index (χ0) is 13.2. The van der Waals surface area contributed by atoms with Crippen LogP contribution in [-0.4, -0.2) is 0 Å². The molecule has 1 aliphatic carbocycles. The van der Waals surface area contributed by atoms with Gasteiger partial charge in [-0.3, -0.25) is 0 Å². The van der Waals surface area contributed by atoms with E-state index in [0.29, 0.717) is 0 Å². The summed E-state index contributed by atoms with van der Waals surface area (Å²) in [6.45, 7) is 7.12. The molecule has 18 heavy (non-hydrogen) atoms. The lowest BCUT2D eigenvalue weighted by Crippen LogP contribution is -2.20. The third kappa shape index (κ3) is 6.25. The molecule has 0 N–H and O–H groups in total. The predicted octanol–water partition coefficient (Wildman–Crippen LogP) is 6.59. The molecule has 0 aromatic carbocycles. The standard InChI is InChI=1S/C18H36/c1-4-6-7-8-9-11-17-12-14-18(15-13-17)16(3)10-5-2/h16-18H,4-15H2,1-3H3. The Morgan fingerprint density at radius 3 is 2.11 bits per heavy atom. The van der Waals surface area contributed by atoms with Gasteiger partial charge in [-0.15, -0.1) is 0 Å². The smallest absolute Gasteiger partial charge is 0.0388 e. The van der Waals surface area contributed by atoms with Crippen molar-refractivity contribution in [2.45, 2.75) is 97.8 Å². The van der Waals surface area contributed by atoms with Crippen molar-refractivity contribution in [3.05, 3.63) is 0 Å². The van der Waals surface area contributed by atoms with Crippen LogP contribution in [0.2, 0.25) is 0 Å². The van der Waals surface area contributed by atoms with E-state index in [1.165, 1.54) is 77.0 Å². The molecule has 0 aromatic heterocycles. The van der Waals surface area contributed by atoms with Crippen LogP contribution in [0, 0.1) is 17.8 Å². The number of unbranched alkanes of at least 4 members (excludes halogenated alkanes) is 4. The van der Waals surface area contributed by atoms with Crippen molar-refractivity contribution in [1.82, 2.24) is 0 Å². The summed E-state index contributed by atoms with van der Waals surface area (Å²) in [6, 6.07) is 0. The lowest BCUT2D eigenvalue weighted by Gasteiger charge is -2.32. The first-order valence-corrected chi connectivity index (χ1v) is 8.77. The first-order valence-electron chi connectivity index (χ1n) is 8.77. The number of hydrogen-bond donors (Lipinski definition) is 0. The van der Waals surface area contributed by atoms with Gasteiger partial charge in [-0.2, -0.15) is 0 Å². The minimum Gasteiger partial charge on any atom is -0.0654 e. The zero-order valence-electron chi connectivity index (χ0n) is 13.2. The molecule has 1 saturated carbocycles. The van der Waals surface area contributed by atoms with Crippen LogP contribution in [0.1, 0.15) is 97.8 Å². The second kappa shape index (κ2) is 9.87. The quantitative estimate of drug-likeness (QED) is 0.406. The summed E-state index contributed by atoms with van der Waals surface area (Å²) < 4.78 is 0. The van der Waals surface area contributed by atoms with E-state index in [0.717, 1.165) is 17.8 Å². The largest absolute Gasteiger partial charge is 0.0654 e. The summed E-state index contributed by atoms with van der Waals surface area (Å²) >= 11 is 0. The van der Waals surface area contributed by atoms with E-state index in [1.807, 2.05) is 0 Å². The molecule has 1 rings (SSSR count). The van der Waals surface area contributed by atoms with E-state index < -0.39 is 0 Å². The summed E-state index contributed by atoms with van der Waals surface area (Å²) in [5, 5.41) is 0. The van der Waals surface area contributed by atoms with Crippen LogP contribution in [-0.2, 0) is 0 Å². The van der Waals surface area contributed by atoms with Crippen molar-refractivity contribution in [3.8, 4) is 0 Å². The summed E-state index contributed by atoms with van der Waals surface area (Å²) in [7, 11) is 0. The molecular formula is C18H36. The molecule has 0 saturated heterocycles. The molecule has 0 heterocycles. The van der Waals surface area contributed by atoms with Crippen LogP contribution in [0.4, 0.5) is 0 Å². The molecule has 0 spiro atoms. The van der Waals surface area contributed by atoms with E-state index in [2.05, 4.69) is 20.8 Å². The lowest BCUT2D eigenvalue weighted by atomic mass is 9.74. The Morgan fingerprint density at radius 1 is 0.833 bits per heavy atom. The highest BCUT2D eigenvalue weighted by Crippen LogP contribution is 2.37. The number of rotatable bonds is 9. The molecule has 0 aromatic rings. The van der Waals surface area contributed by atoms with Gasteiger partial charge in [-0.25, -0.2) is 0 Å². The topological polar surface area (TPSA) is 0 Å². The second-order valence-corrected chi connectivity index (χ2v) is 6.75. The molecule has 1 fully saturated rings. The lowest BCUT2D eigenvalue weighted by molar-refractivity contribution is 0.197. The SMILES string of the molecule is CCCCCCCC1CCC(C(C)CCC)CC1. The van der Waals surface area contributed by atoms with Gasteiger partial charge >= 0.3 is 0 Å². The average Bonchev–Trinajstić information content (AvgIpc) is 2.39. The fourth-order valence-corrected chi connectivity index (χ4v) is 3.77. The molecule has 108 valence electrons. The van der Waals surface area contributed by atoms with Crippen molar-refractivity contribution in [2.24, 2.45) is 17.8 Å². The minimum absolute atomic E-state index is 0.987. The van der Waals surface area contributed by atoms with Crippen molar-refractivity contribution < 1.29 is 0 Å². The highest BCUT2D eigenvalue weighted by molar-refractivity contribution is 4.76. The van der Waals surface area contributed by atoms with Crippen molar-refractivity contribution >= 4 is 0 Å². The van der Waals surface area contributed by atoms with Gasteiger partial charge in [0.1, 0.15) is 0 Å². The van der Waals surface area contributed by atoms with Gasteiger partial charge < -0.3 is 0 Å². The van der Waals surface area contributed by atoms with Crippen LogP contribution in [0.25, 0.3) is 0 Å². The summed E-state index contributed by atoms with van der Waals surface area (Å²) in [5.74, 6) is 3.12. The van der Waals surface area contributed by atoms with Gasteiger partial charge in [0.15, 0.2) is 0 Å². The van der Waals surface area contributed by atoms with Gasteiger partial charge in [0.05, 0.1) is 0 Å². The fourth-order valence-electron chi connectivity index (χ4n) is 3.77. The van der Waals surface area contributed by atoms with Gasteiger partial charge in [-0.05, 0) is 30.6 Å². The maximum atomic E-state index is 2.49. The normalized spacial score (nSPS) is 26.2. The van der Waals surface area contributed by atoms with Gasteiger partial charge in [0.2, 0.25) is 0 Å². The molecule has 0 aliphatic heterocycles. The molecule has 1 aliphatic rings. The summed E-state index contributed by atoms with van der Waals surface area (Å²) in [5.41, 5.74) is 0. The van der Waals surface area contributed by atoms with Crippen molar-refractivity contribution in [3.63, 3.8) is 0 Å². The Hall–Kier alpha value is 0. The molecule has 0 heteroatoms. The van der Waals surface area contributed by atoms with Crippen LogP contribution in [0.15, 0.2) is 0 Å². The molecule has 1 atom stereocenters. The Kier molecular flexibility index (Phi) is 8.80. The molecular weight excluding hydrogens is 216 g/mol. The van der Waals surface area contributed by atoms with Crippen LogP contribution in [0.3, 0.4) is 0 Å². The Morgan fingerprint density at radius 2 is 1.50 bits per heavy atom. The summed E-state index contributed by atoms with van der Waals surface area (Å²) in [4.78, 5) is 0. The van der Waals surface area contributed by atoms with E-state index >= 15 is 0 Å². The molecule has 0 bridgehead atoms. The maximum absolute atomic E-state index is 2.49. The monoisotopic (exact) mass is 252 g/mol. The van der Waals surface area contributed by atoms with E-state index in [-0.39, 0.29) is 0 Å². The zero-order valence-corrected chi connectivity index (χ0v) is 13.2. The summed E-state index contributed by atoms with van der Waals surface area (Å²) in [6.07, 6.45) is 17.8. The Bertz CT molecular complexity index is 176. The molecule has 0 radical (unpaired) electrons. The highest BCUT2D eigenvalue weighted by atomic mass is 14.3. The Labute approximate surface area is 116 Å². The van der Waals surface area contributed by atoms with Crippen molar-refractivity contribution in [1.29, 1.82) is 0 Å². The fraction of sp³-hybridized carbons (Fsp3) is 1.00. The van der Waals surface area contributed by atoms with Crippen LogP contribution >= 0.6 is 0 Å². The molecule has 0 amide bonds. The highest BCUT2D eigenvalue weighted by Gasteiger charge is 2.24. The molecule has 0 nitrogen and oxygen atoms in total. The van der Waals surface area contributed by atoms with Gasteiger partial charge in [0, 0.05) is 0 Å². The minimum atomic E-state index is 0.987. The predicted molar refractivity (Wildman–Crippen MR) is 82.9 cm³/mol. The second-order valence-electron chi connectivity index (χ2n) is 6.75. The van der Waals surface area contributed by atoms with Gasteiger partial charge in [0.25, 0.3) is 0 Å². The Balaban J connectivity index is 2.04. The van der Waals surface area contributed by atoms with Crippen molar-refractivity contribution in [2.75, 3.05) is 0 Å². The molecule has 1 unspecified atom stereocenters. The maximum Gasteiger partial charge on any atom is -0.0388 e. The van der Waals surface area contributed by atoms with E-state index in [4.69, 9.17) is 0 Å². The average molecular weight is 252 g/mol. The third-order valence-corrected chi connectivity index (χ3v) is 5.16.